The fourth-order valence-electron chi connectivity index (χ4n) is 4.22. The molecular weight excluding hydrogens is 352 g/mol. The van der Waals surface area contributed by atoms with Gasteiger partial charge >= 0.3 is 0 Å². The van der Waals surface area contributed by atoms with Crippen LogP contribution in [0.2, 0.25) is 0 Å². The standard InChI is InChI=1S/C18H23ClN2.C4H8.C2H6/c1-4-12(2)18(19)15-11-21(16(10-20)17(15)18)13(3)14-8-6-5-7-9-14;1-3-4-2;1-2/h5-9,12-13,15-17H,4,11H2,1-3H3;3-4H,1-2H3;1-2H3/b;4-3-;. The Hall–Kier alpha value is -1.30. The second-order valence-corrected chi connectivity index (χ2v) is 7.95. The van der Waals surface area contributed by atoms with E-state index in [0.29, 0.717) is 17.8 Å². The van der Waals surface area contributed by atoms with Gasteiger partial charge in [-0.15, -0.1) is 11.6 Å². The molecule has 0 amide bonds. The van der Waals surface area contributed by atoms with E-state index < -0.39 is 0 Å². The first-order valence-corrected chi connectivity index (χ1v) is 10.8. The minimum atomic E-state index is -0.137. The van der Waals surface area contributed by atoms with Crippen molar-refractivity contribution in [2.24, 2.45) is 17.8 Å². The molecule has 0 bridgehead atoms. The zero-order chi connectivity index (χ0) is 20.6. The van der Waals surface area contributed by atoms with Crippen molar-refractivity contribution in [3.05, 3.63) is 48.0 Å². The van der Waals surface area contributed by atoms with E-state index in [0.717, 1.165) is 13.0 Å². The van der Waals surface area contributed by atoms with Crippen LogP contribution in [0.15, 0.2) is 42.5 Å². The highest BCUT2D eigenvalue weighted by Gasteiger charge is 2.73. The first kappa shape index (κ1) is 23.7. The van der Waals surface area contributed by atoms with Gasteiger partial charge in [0.2, 0.25) is 0 Å². The molecule has 0 radical (unpaired) electrons. The van der Waals surface area contributed by atoms with Gasteiger partial charge in [0.25, 0.3) is 0 Å². The van der Waals surface area contributed by atoms with Gasteiger partial charge in [0.05, 0.1) is 10.9 Å². The molecule has 1 saturated heterocycles. The molecule has 6 unspecified atom stereocenters. The minimum Gasteiger partial charge on any atom is -0.281 e. The van der Waals surface area contributed by atoms with Crippen LogP contribution in [0.5, 0.6) is 0 Å². The summed E-state index contributed by atoms with van der Waals surface area (Å²) in [4.78, 5) is 2.20. The first-order chi connectivity index (χ1) is 13.0. The lowest BCUT2D eigenvalue weighted by atomic mass is 9.95. The molecule has 27 heavy (non-hydrogen) atoms. The van der Waals surface area contributed by atoms with Gasteiger partial charge in [0.1, 0.15) is 6.04 Å². The molecule has 2 fully saturated rings. The summed E-state index contributed by atoms with van der Waals surface area (Å²) in [6.45, 7) is 15.6. The predicted molar refractivity (Wildman–Crippen MR) is 118 cm³/mol. The Labute approximate surface area is 172 Å². The molecule has 1 aromatic rings. The molecule has 0 N–H and O–H groups in total. The third-order valence-corrected chi connectivity index (χ3v) is 7.03. The molecule has 1 aromatic carbocycles. The van der Waals surface area contributed by atoms with Crippen LogP contribution in [0.25, 0.3) is 0 Å². The largest absolute Gasteiger partial charge is 0.281 e. The van der Waals surface area contributed by atoms with E-state index >= 15 is 0 Å². The summed E-state index contributed by atoms with van der Waals surface area (Å²) in [5.41, 5.74) is 1.28. The summed E-state index contributed by atoms with van der Waals surface area (Å²) >= 11 is 6.87. The summed E-state index contributed by atoms with van der Waals surface area (Å²) in [5, 5.41) is 9.67. The molecular formula is C24H37ClN2. The number of halogens is 1. The Morgan fingerprint density at radius 1 is 1.22 bits per heavy atom. The highest BCUT2D eigenvalue weighted by molar-refractivity contribution is 6.27. The molecule has 0 aromatic heterocycles. The van der Waals surface area contributed by atoms with E-state index in [9.17, 15) is 5.26 Å². The lowest BCUT2D eigenvalue weighted by Crippen LogP contribution is -2.40. The summed E-state index contributed by atoms with van der Waals surface area (Å²) < 4.78 is 0. The van der Waals surface area contributed by atoms with E-state index in [1.807, 2.05) is 45.9 Å². The van der Waals surface area contributed by atoms with Crippen molar-refractivity contribution in [3.63, 3.8) is 0 Å². The van der Waals surface area contributed by atoms with E-state index in [4.69, 9.17) is 11.6 Å². The van der Waals surface area contributed by atoms with E-state index in [2.05, 4.69) is 56.0 Å². The second kappa shape index (κ2) is 10.9. The zero-order valence-corrected chi connectivity index (χ0v) is 18.9. The molecule has 2 aliphatic rings. The third-order valence-electron chi connectivity index (χ3n) is 6.12. The maximum absolute atomic E-state index is 9.67. The number of allylic oxidation sites excluding steroid dienone is 2. The fourth-order valence-corrected chi connectivity index (χ4v) is 4.79. The van der Waals surface area contributed by atoms with E-state index in [1.165, 1.54) is 5.56 Å². The van der Waals surface area contributed by atoms with Crippen molar-refractivity contribution in [3.8, 4) is 6.07 Å². The topological polar surface area (TPSA) is 27.0 Å². The average Bonchev–Trinajstić information content (AvgIpc) is 3.13. The van der Waals surface area contributed by atoms with Crippen LogP contribution in [-0.2, 0) is 0 Å². The number of rotatable bonds is 4. The Balaban J connectivity index is 0.000000541. The summed E-state index contributed by atoms with van der Waals surface area (Å²) in [7, 11) is 0. The normalized spacial score (nSPS) is 30.9. The summed E-state index contributed by atoms with van der Waals surface area (Å²) in [6.07, 6.45) is 5.09. The number of likely N-dealkylation sites (tertiary alicyclic amines) is 1. The zero-order valence-electron chi connectivity index (χ0n) is 18.1. The molecule has 1 aliphatic heterocycles. The van der Waals surface area contributed by atoms with Gasteiger partial charge in [-0.05, 0) is 38.2 Å². The molecule has 1 heterocycles. The highest BCUT2D eigenvalue weighted by atomic mass is 35.5. The van der Waals surface area contributed by atoms with Crippen molar-refractivity contribution >= 4 is 11.6 Å². The Bertz CT molecular complexity index is 617. The number of nitriles is 1. The average molecular weight is 389 g/mol. The predicted octanol–water partition coefficient (Wildman–Crippen LogP) is 6.83. The number of nitrogens with zero attached hydrogens (tertiary/aromatic N) is 2. The second-order valence-electron chi connectivity index (χ2n) is 7.29. The fraction of sp³-hybridized carbons (Fsp3) is 0.625. The summed E-state index contributed by atoms with van der Waals surface area (Å²) in [6, 6.07) is 13.2. The van der Waals surface area contributed by atoms with Gasteiger partial charge in [-0.3, -0.25) is 4.90 Å². The van der Waals surface area contributed by atoms with Crippen LogP contribution in [0, 0.1) is 29.1 Å². The molecule has 6 atom stereocenters. The molecule has 1 saturated carbocycles. The minimum absolute atomic E-state index is 0.0447. The van der Waals surface area contributed by atoms with Crippen molar-refractivity contribution in [1.82, 2.24) is 4.90 Å². The molecule has 3 heteroatoms. The van der Waals surface area contributed by atoms with Crippen molar-refractivity contribution < 1.29 is 0 Å². The molecule has 150 valence electrons. The third kappa shape index (κ3) is 4.76. The van der Waals surface area contributed by atoms with Crippen LogP contribution < -0.4 is 0 Å². The lowest BCUT2D eigenvalue weighted by Gasteiger charge is -2.34. The number of fused-ring (bicyclic) bond motifs is 1. The maximum Gasteiger partial charge on any atom is 0.103 e. The SMILES string of the molecule is C/C=C\C.CC.CCC(C)C1(Cl)C2CN(C(C)c3ccccc3)C(C#N)C21. The Kier molecular flexibility index (Phi) is 9.57. The smallest absolute Gasteiger partial charge is 0.103 e. The van der Waals surface area contributed by atoms with Crippen LogP contribution in [0.4, 0.5) is 0 Å². The van der Waals surface area contributed by atoms with Gasteiger partial charge in [0.15, 0.2) is 0 Å². The molecule has 1 aliphatic carbocycles. The van der Waals surface area contributed by atoms with Crippen LogP contribution in [0.3, 0.4) is 0 Å². The van der Waals surface area contributed by atoms with Crippen molar-refractivity contribution in [2.75, 3.05) is 6.54 Å². The van der Waals surface area contributed by atoms with E-state index in [1.54, 1.807) is 0 Å². The lowest BCUT2D eigenvalue weighted by molar-refractivity contribution is 0.178. The van der Waals surface area contributed by atoms with Gasteiger partial charge in [-0.1, -0.05) is 76.6 Å². The quantitative estimate of drug-likeness (QED) is 0.417. The van der Waals surface area contributed by atoms with Crippen LogP contribution in [-0.4, -0.2) is 22.4 Å². The number of hydrogen-bond acceptors (Lipinski definition) is 2. The number of alkyl halides is 1. The highest BCUT2D eigenvalue weighted by Crippen LogP contribution is 2.67. The van der Waals surface area contributed by atoms with Crippen molar-refractivity contribution in [2.45, 2.75) is 71.8 Å². The van der Waals surface area contributed by atoms with E-state index in [-0.39, 0.29) is 17.0 Å². The molecule has 0 spiro atoms. The maximum atomic E-state index is 9.67. The first-order valence-electron chi connectivity index (χ1n) is 10.4. The van der Waals surface area contributed by atoms with Crippen LogP contribution in [0.1, 0.15) is 66.5 Å². The number of hydrogen-bond donors (Lipinski definition) is 0. The van der Waals surface area contributed by atoms with Gasteiger partial charge in [-0.25, -0.2) is 0 Å². The molecule has 2 nitrogen and oxygen atoms in total. The van der Waals surface area contributed by atoms with Crippen molar-refractivity contribution in [1.29, 1.82) is 5.26 Å². The molecule has 3 rings (SSSR count). The van der Waals surface area contributed by atoms with Gasteiger partial charge in [-0.2, -0.15) is 5.26 Å². The van der Waals surface area contributed by atoms with Crippen LogP contribution >= 0.6 is 11.6 Å². The van der Waals surface area contributed by atoms with Gasteiger partial charge in [0, 0.05) is 18.5 Å². The monoisotopic (exact) mass is 388 g/mol. The number of benzene rings is 1. The Morgan fingerprint density at radius 3 is 2.22 bits per heavy atom. The van der Waals surface area contributed by atoms with Gasteiger partial charge < -0.3 is 0 Å². The number of piperidine rings is 1. The summed E-state index contributed by atoms with van der Waals surface area (Å²) in [5.74, 6) is 1.30. The Morgan fingerprint density at radius 2 is 1.78 bits per heavy atom.